The second-order valence-corrected chi connectivity index (χ2v) is 9.05. The Labute approximate surface area is 219 Å². The summed E-state index contributed by atoms with van der Waals surface area (Å²) in [7, 11) is 0. The van der Waals surface area contributed by atoms with Crippen LogP contribution in [0.2, 0.25) is 0 Å². The molecule has 1 radical (unpaired) electrons. The highest BCUT2D eigenvalue weighted by atomic mass is 19.1. The van der Waals surface area contributed by atoms with Crippen LogP contribution in [0.3, 0.4) is 0 Å². The molecular weight excluding hydrogens is 473 g/mol. The summed E-state index contributed by atoms with van der Waals surface area (Å²) >= 11 is 0. The fraction of sp³-hybridized carbons (Fsp3) is 0.0303. The Morgan fingerprint density at radius 3 is 1.71 bits per heavy atom. The van der Waals surface area contributed by atoms with Gasteiger partial charge >= 0.3 is 0 Å². The van der Waals surface area contributed by atoms with Gasteiger partial charge in [-0.15, -0.1) is 0 Å². The summed E-state index contributed by atoms with van der Waals surface area (Å²) in [5, 5.41) is 5.77. The van der Waals surface area contributed by atoms with E-state index in [1.807, 2.05) is 65.3 Å². The van der Waals surface area contributed by atoms with Crippen molar-refractivity contribution in [1.29, 1.82) is 0 Å². The largest absolute Gasteiger partial charge is 0.366 e. The number of aromatic nitrogens is 2. The number of carbonyl (C=O) groups excluding carboxylic acids is 1. The highest BCUT2D eigenvalue weighted by Crippen LogP contribution is 2.44. The van der Waals surface area contributed by atoms with Gasteiger partial charge in [0.05, 0.1) is 11.1 Å². The average molecular weight is 497 g/mol. The second kappa shape index (κ2) is 9.45. The van der Waals surface area contributed by atoms with E-state index < -0.39 is 11.4 Å². The van der Waals surface area contributed by atoms with E-state index in [2.05, 4.69) is 42.5 Å². The molecule has 0 bridgehead atoms. The number of rotatable bonds is 6. The molecule has 0 aliphatic carbocycles. The van der Waals surface area contributed by atoms with Crippen LogP contribution in [0.15, 0.2) is 127 Å². The minimum atomic E-state index is -0.906. The van der Waals surface area contributed by atoms with E-state index >= 15 is 0 Å². The third-order valence-electron chi connectivity index (χ3n) is 6.90. The summed E-state index contributed by atoms with van der Waals surface area (Å²) in [4.78, 5) is 12.6. The maximum atomic E-state index is 13.9. The minimum Gasteiger partial charge on any atom is -0.366 e. The molecule has 0 saturated heterocycles. The zero-order valence-corrected chi connectivity index (χ0v) is 20.4. The van der Waals surface area contributed by atoms with Crippen LogP contribution in [0, 0.1) is 11.9 Å². The van der Waals surface area contributed by atoms with Crippen molar-refractivity contribution >= 4 is 16.8 Å². The lowest BCUT2D eigenvalue weighted by Crippen LogP contribution is -2.38. The van der Waals surface area contributed by atoms with Crippen LogP contribution in [0.25, 0.3) is 22.2 Å². The maximum Gasteiger partial charge on any atom is 0.250 e. The van der Waals surface area contributed by atoms with Crippen molar-refractivity contribution in [3.8, 4) is 11.3 Å². The van der Waals surface area contributed by atoms with Gasteiger partial charge in [-0.25, -0.2) is 9.07 Å². The first-order valence-electron chi connectivity index (χ1n) is 12.3. The number of fused-ring (bicyclic) bond motifs is 1. The van der Waals surface area contributed by atoms with E-state index in [9.17, 15) is 9.18 Å². The maximum absolute atomic E-state index is 13.9. The van der Waals surface area contributed by atoms with Crippen LogP contribution in [-0.2, 0) is 5.54 Å². The van der Waals surface area contributed by atoms with Crippen LogP contribution >= 0.6 is 0 Å². The fourth-order valence-corrected chi connectivity index (χ4v) is 5.27. The number of halogens is 1. The predicted octanol–water partition coefficient (Wildman–Crippen LogP) is 6.58. The van der Waals surface area contributed by atoms with Gasteiger partial charge in [0.25, 0.3) is 0 Å². The first-order chi connectivity index (χ1) is 18.6. The molecule has 183 valence electrons. The molecule has 6 aromatic rings. The molecule has 0 aliphatic rings. The third kappa shape index (κ3) is 3.68. The fourth-order valence-electron chi connectivity index (χ4n) is 5.27. The Bertz CT molecular complexity index is 1630. The number of nitrogens with two attached hydrogens (primary N) is 1. The molecule has 0 unspecified atom stereocenters. The summed E-state index contributed by atoms with van der Waals surface area (Å²) < 4.78 is 15.8. The topological polar surface area (TPSA) is 60.9 Å². The molecule has 0 aliphatic heterocycles. The monoisotopic (exact) mass is 496 g/mol. The molecule has 5 heteroatoms. The van der Waals surface area contributed by atoms with Gasteiger partial charge in [-0.05, 0) is 53.1 Å². The van der Waals surface area contributed by atoms with Gasteiger partial charge in [-0.3, -0.25) is 4.79 Å². The standard InChI is InChI=1S/C33H23FN3O/c34-27-21-19-23(20-22-27)31-30-28(32(35)38)17-10-18-29(30)37(36-31)33(24-11-4-1-5-12-24,25-13-6-2-7-14-25)26-15-8-3-9-16-26/h1-16,18-22H,(H2,35,38). The van der Waals surface area contributed by atoms with Gasteiger partial charge in [-0.1, -0.05) is 97.1 Å². The Balaban J connectivity index is 1.82. The van der Waals surface area contributed by atoms with Crippen molar-refractivity contribution in [3.63, 3.8) is 0 Å². The lowest BCUT2D eigenvalue weighted by molar-refractivity contribution is 0.100. The molecule has 38 heavy (non-hydrogen) atoms. The molecular formula is C33H23FN3O. The molecule has 5 aromatic carbocycles. The van der Waals surface area contributed by atoms with Crippen molar-refractivity contribution in [1.82, 2.24) is 9.78 Å². The molecule has 0 saturated carbocycles. The van der Waals surface area contributed by atoms with E-state index in [0.717, 1.165) is 16.7 Å². The van der Waals surface area contributed by atoms with Crippen LogP contribution in [-0.4, -0.2) is 15.7 Å². The zero-order chi connectivity index (χ0) is 26.1. The van der Waals surface area contributed by atoms with E-state index in [1.165, 1.54) is 12.1 Å². The smallest absolute Gasteiger partial charge is 0.250 e. The van der Waals surface area contributed by atoms with Crippen LogP contribution in [0.5, 0.6) is 0 Å². The summed E-state index contributed by atoms with van der Waals surface area (Å²) in [5.74, 6) is -0.963. The number of hydrogen-bond donors (Lipinski definition) is 1. The summed E-state index contributed by atoms with van der Waals surface area (Å²) in [6.07, 6.45) is 0. The van der Waals surface area contributed by atoms with Crippen molar-refractivity contribution in [3.05, 3.63) is 162 Å². The number of hydrogen-bond acceptors (Lipinski definition) is 2. The van der Waals surface area contributed by atoms with Crippen LogP contribution in [0.1, 0.15) is 27.0 Å². The van der Waals surface area contributed by atoms with Gasteiger partial charge in [0.15, 0.2) is 0 Å². The number of benzene rings is 5. The minimum absolute atomic E-state index is 0.233. The Kier molecular flexibility index (Phi) is 5.81. The average Bonchev–Trinajstić information content (AvgIpc) is 3.36. The second-order valence-electron chi connectivity index (χ2n) is 9.05. The molecule has 0 spiro atoms. The van der Waals surface area contributed by atoms with Crippen LogP contribution in [0.4, 0.5) is 4.39 Å². The van der Waals surface area contributed by atoms with E-state index in [4.69, 9.17) is 10.8 Å². The van der Waals surface area contributed by atoms with E-state index in [1.54, 1.807) is 18.2 Å². The molecule has 0 fully saturated rings. The van der Waals surface area contributed by atoms with Gasteiger partial charge in [0.2, 0.25) is 5.91 Å². The number of amides is 1. The summed E-state index contributed by atoms with van der Waals surface area (Å²) in [6.45, 7) is 0. The Morgan fingerprint density at radius 1 is 0.737 bits per heavy atom. The summed E-state index contributed by atoms with van der Waals surface area (Å²) in [6, 6.07) is 43.1. The highest BCUT2D eigenvalue weighted by molar-refractivity contribution is 6.10. The lowest BCUT2D eigenvalue weighted by atomic mass is 9.77. The van der Waals surface area contributed by atoms with E-state index in [0.29, 0.717) is 22.2 Å². The van der Waals surface area contributed by atoms with Crippen molar-refractivity contribution in [2.45, 2.75) is 5.54 Å². The summed E-state index contributed by atoms with van der Waals surface area (Å²) in [5.41, 5.74) is 10.0. The molecule has 0 atom stereocenters. The Hall–Kier alpha value is -5.03. The van der Waals surface area contributed by atoms with Crippen molar-refractivity contribution in [2.75, 3.05) is 0 Å². The van der Waals surface area contributed by atoms with Gasteiger partial charge in [0.1, 0.15) is 17.1 Å². The molecule has 2 N–H and O–H groups in total. The number of nitrogens with zero attached hydrogens (tertiary/aromatic N) is 2. The van der Waals surface area contributed by atoms with Gasteiger partial charge < -0.3 is 5.73 Å². The normalized spacial score (nSPS) is 11.5. The third-order valence-corrected chi connectivity index (χ3v) is 6.90. The molecule has 1 aromatic heterocycles. The van der Waals surface area contributed by atoms with Crippen LogP contribution < -0.4 is 5.73 Å². The van der Waals surface area contributed by atoms with Crippen molar-refractivity contribution in [2.24, 2.45) is 5.73 Å². The molecule has 1 heterocycles. The lowest BCUT2D eigenvalue weighted by Gasteiger charge is -2.37. The van der Waals surface area contributed by atoms with Crippen molar-refractivity contribution < 1.29 is 9.18 Å². The van der Waals surface area contributed by atoms with Gasteiger partial charge in [-0.2, -0.15) is 5.10 Å². The molecule has 6 rings (SSSR count). The SMILES string of the molecule is NC(=O)c1[c]ccc2c1c(-c1ccc(F)cc1)nn2C(c1ccccc1)(c1ccccc1)c1ccccc1. The first-order valence-corrected chi connectivity index (χ1v) is 12.3. The predicted molar refractivity (Wildman–Crippen MR) is 147 cm³/mol. The molecule has 4 nitrogen and oxygen atoms in total. The van der Waals surface area contributed by atoms with Gasteiger partial charge in [0, 0.05) is 10.9 Å². The zero-order valence-electron chi connectivity index (χ0n) is 20.4. The molecule has 1 amide bonds. The Morgan fingerprint density at radius 2 is 1.24 bits per heavy atom. The first kappa shape index (κ1) is 23.4. The highest BCUT2D eigenvalue weighted by Gasteiger charge is 2.41. The van der Waals surface area contributed by atoms with E-state index in [-0.39, 0.29) is 11.4 Å². The number of carbonyl (C=O) groups is 1. The number of primary amides is 1. The quantitative estimate of drug-likeness (QED) is 0.265.